The van der Waals surface area contributed by atoms with Gasteiger partial charge in [0.05, 0.1) is 17.1 Å². The second kappa shape index (κ2) is 5.29. The molecule has 0 bridgehead atoms. The lowest BCUT2D eigenvalue weighted by Gasteiger charge is -2.19. The Hall–Kier alpha value is -1.81. The van der Waals surface area contributed by atoms with Gasteiger partial charge < -0.3 is 10.3 Å². The first kappa shape index (κ1) is 13.2. The van der Waals surface area contributed by atoms with Gasteiger partial charge in [-0.05, 0) is 36.4 Å². The molecule has 1 atom stereocenters. The number of anilines is 1. The highest BCUT2D eigenvalue weighted by Crippen LogP contribution is 2.33. The molecule has 2 aromatic heterocycles. The lowest BCUT2D eigenvalue weighted by Crippen LogP contribution is -2.12. The molecule has 0 aliphatic heterocycles. The van der Waals surface area contributed by atoms with Crippen LogP contribution in [0.5, 0.6) is 0 Å². The molecule has 1 unspecified atom stereocenters. The summed E-state index contributed by atoms with van der Waals surface area (Å²) in [6.07, 6.45) is 2.19. The normalized spacial score (nSPS) is 12.9. The highest BCUT2D eigenvalue weighted by molar-refractivity contribution is 7.10. The van der Waals surface area contributed by atoms with E-state index in [1.54, 1.807) is 11.3 Å². The van der Waals surface area contributed by atoms with Crippen molar-refractivity contribution in [1.29, 1.82) is 0 Å². The third kappa shape index (κ3) is 2.10. The van der Waals surface area contributed by atoms with Crippen LogP contribution in [0.15, 0.2) is 35.7 Å². The van der Waals surface area contributed by atoms with Gasteiger partial charge >= 0.3 is 0 Å². The van der Waals surface area contributed by atoms with E-state index in [0.29, 0.717) is 5.95 Å². The molecule has 1 aromatic carbocycles. The van der Waals surface area contributed by atoms with Gasteiger partial charge in [0, 0.05) is 4.88 Å². The minimum atomic E-state index is 0.284. The van der Waals surface area contributed by atoms with Crippen LogP contribution in [-0.4, -0.2) is 9.55 Å². The van der Waals surface area contributed by atoms with Crippen LogP contribution in [0.2, 0.25) is 0 Å². The van der Waals surface area contributed by atoms with Crippen molar-refractivity contribution >= 4 is 28.3 Å². The average Bonchev–Trinajstić information content (AvgIpc) is 3.05. The fourth-order valence-electron chi connectivity index (χ4n) is 2.76. The van der Waals surface area contributed by atoms with Crippen molar-refractivity contribution < 1.29 is 0 Å². The highest BCUT2D eigenvalue weighted by atomic mass is 32.1. The zero-order valence-corrected chi connectivity index (χ0v) is 12.7. The number of aryl methyl sites for hydroxylation is 1. The fraction of sp³-hybridized carbons (Fsp3) is 0.312. The predicted octanol–water partition coefficient (Wildman–Crippen LogP) is 4.38. The first-order valence-electron chi connectivity index (χ1n) is 6.98. The quantitative estimate of drug-likeness (QED) is 0.773. The van der Waals surface area contributed by atoms with Crippen LogP contribution in [0.3, 0.4) is 0 Å². The van der Waals surface area contributed by atoms with Crippen LogP contribution in [0.25, 0.3) is 11.0 Å². The number of imidazole rings is 1. The Balaban J connectivity index is 2.21. The molecule has 4 heteroatoms. The van der Waals surface area contributed by atoms with Gasteiger partial charge in [-0.15, -0.1) is 11.3 Å². The predicted molar refractivity (Wildman–Crippen MR) is 86.2 cm³/mol. The third-order valence-corrected chi connectivity index (χ3v) is 4.67. The van der Waals surface area contributed by atoms with Crippen molar-refractivity contribution in [1.82, 2.24) is 9.55 Å². The molecule has 2 heterocycles. The van der Waals surface area contributed by atoms with Gasteiger partial charge in [-0.1, -0.05) is 31.5 Å². The minimum absolute atomic E-state index is 0.284. The minimum Gasteiger partial charge on any atom is -0.369 e. The number of rotatable bonds is 4. The monoisotopic (exact) mass is 285 g/mol. The zero-order valence-electron chi connectivity index (χ0n) is 11.8. The molecule has 20 heavy (non-hydrogen) atoms. The second-order valence-electron chi connectivity index (χ2n) is 5.10. The van der Waals surface area contributed by atoms with Crippen molar-refractivity contribution in [2.24, 2.45) is 0 Å². The molecule has 0 amide bonds. The van der Waals surface area contributed by atoms with E-state index < -0.39 is 0 Å². The van der Waals surface area contributed by atoms with Crippen LogP contribution < -0.4 is 5.73 Å². The molecule has 0 aliphatic carbocycles. The fourth-order valence-corrected chi connectivity index (χ4v) is 3.61. The van der Waals surface area contributed by atoms with Gasteiger partial charge in [0.2, 0.25) is 5.95 Å². The van der Waals surface area contributed by atoms with E-state index in [9.17, 15) is 0 Å². The summed E-state index contributed by atoms with van der Waals surface area (Å²) in [5.74, 6) is 0.612. The van der Waals surface area contributed by atoms with Crippen LogP contribution in [-0.2, 0) is 0 Å². The molecule has 3 rings (SSSR count). The Bertz CT molecular complexity index is 713. The molecule has 3 nitrogen and oxygen atoms in total. The lowest BCUT2D eigenvalue weighted by molar-refractivity contribution is 0.560. The molecular weight excluding hydrogens is 266 g/mol. The average molecular weight is 285 g/mol. The number of hydrogen-bond donors (Lipinski definition) is 1. The molecule has 104 valence electrons. The number of thiophene rings is 1. The maximum Gasteiger partial charge on any atom is 0.201 e. The van der Waals surface area contributed by atoms with E-state index in [4.69, 9.17) is 5.73 Å². The van der Waals surface area contributed by atoms with Gasteiger partial charge in [-0.2, -0.15) is 0 Å². The van der Waals surface area contributed by atoms with E-state index in [2.05, 4.69) is 59.1 Å². The van der Waals surface area contributed by atoms with Crippen molar-refractivity contribution in [3.63, 3.8) is 0 Å². The Morgan fingerprint density at radius 2 is 2.15 bits per heavy atom. The number of aromatic nitrogens is 2. The van der Waals surface area contributed by atoms with Crippen molar-refractivity contribution in [2.75, 3.05) is 5.73 Å². The topological polar surface area (TPSA) is 43.8 Å². The van der Waals surface area contributed by atoms with E-state index in [-0.39, 0.29) is 6.04 Å². The van der Waals surface area contributed by atoms with Gasteiger partial charge in [0.15, 0.2) is 0 Å². The van der Waals surface area contributed by atoms with Crippen LogP contribution in [0.1, 0.15) is 36.2 Å². The maximum atomic E-state index is 6.22. The summed E-state index contributed by atoms with van der Waals surface area (Å²) in [6.45, 7) is 4.29. The summed E-state index contributed by atoms with van der Waals surface area (Å²) >= 11 is 1.79. The SMILES string of the molecule is CCCC(c1cccs1)n1c(N)nc2c(C)cccc21. The molecule has 0 aliphatic rings. The Morgan fingerprint density at radius 1 is 1.30 bits per heavy atom. The van der Waals surface area contributed by atoms with Gasteiger partial charge in [0.1, 0.15) is 0 Å². The number of nitrogens with two attached hydrogens (primary N) is 1. The van der Waals surface area contributed by atoms with Gasteiger partial charge in [-0.25, -0.2) is 4.98 Å². The van der Waals surface area contributed by atoms with Crippen LogP contribution in [0.4, 0.5) is 5.95 Å². The largest absolute Gasteiger partial charge is 0.369 e. The van der Waals surface area contributed by atoms with Crippen molar-refractivity contribution in [2.45, 2.75) is 32.7 Å². The summed E-state index contributed by atoms with van der Waals surface area (Å²) in [5, 5.41) is 2.12. The van der Waals surface area contributed by atoms with E-state index in [0.717, 1.165) is 23.9 Å². The molecular formula is C16H19N3S. The summed E-state index contributed by atoms with van der Waals surface area (Å²) in [5.41, 5.74) is 9.54. The third-order valence-electron chi connectivity index (χ3n) is 3.69. The van der Waals surface area contributed by atoms with Crippen LogP contribution in [0, 0.1) is 6.92 Å². The van der Waals surface area contributed by atoms with Gasteiger partial charge in [0.25, 0.3) is 0 Å². The van der Waals surface area contributed by atoms with E-state index >= 15 is 0 Å². The Kier molecular flexibility index (Phi) is 3.49. The van der Waals surface area contributed by atoms with Gasteiger partial charge in [-0.3, -0.25) is 0 Å². The summed E-state index contributed by atoms with van der Waals surface area (Å²) in [6, 6.07) is 10.8. The standard InChI is InChI=1S/C16H19N3S/c1-3-6-12(14-9-5-10-20-14)19-13-8-4-7-11(2)15(13)18-16(19)17/h4-5,7-10,12H,3,6H2,1-2H3,(H2,17,18). The number of fused-ring (bicyclic) bond motifs is 1. The molecule has 0 fully saturated rings. The number of para-hydroxylation sites is 1. The molecule has 0 saturated carbocycles. The van der Waals surface area contributed by atoms with E-state index in [1.165, 1.54) is 10.4 Å². The molecule has 3 aromatic rings. The molecule has 2 N–H and O–H groups in total. The summed E-state index contributed by atoms with van der Waals surface area (Å²) < 4.78 is 2.19. The first-order valence-corrected chi connectivity index (χ1v) is 7.86. The number of hydrogen-bond acceptors (Lipinski definition) is 3. The molecule has 0 saturated heterocycles. The summed E-state index contributed by atoms with van der Waals surface area (Å²) in [7, 11) is 0. The lowest BCUT2D eigenvalue weighted by atomic mass is 10.1. The highest BCUT2D eigenvalue weighted by Gasteiger charge is 2.20. The van der Waals surface area contributed by atoms with Crippen molar-refractivity contribution in [3.8, 4) is 0 Å². The number of nitrogens with zero attached hydrogens (tertiary/aromatic N) is 2. The zero-order chi connectivity index (χ0) is 14.1. The first-order chi connectivity index (χ1) is 9.72. The van der Waals surface area contributed by atoms with Crippen molar-refractivity contribution in [3.05, 3.63) is 46.2 Å². The number of nitrogen functional groups attached to an aromatic ring is 1. The second-order valence-corrected chi connectivity index (χ2v) is 6.08. The molecule has 0 spiro atoms. The van der Waals surface area contributed by atoms with Crippen LogP contribution >= 0.6 is 11.3 Å². The Labute approximate surface area is 123 Å². The van der Waals surface area contributed by atoms with E-state index in [1.807, 2.05) is 0 Å². The maximum absolute atomic E-state index is 6.22. The smallest absolute Gasteiger partial charge is 0.201 e. The Morgan fingerprint density at radius 3 is 2.85 bits per heavy atom. The molecule has 0 radical (unpaired) electrons. The summed E-state index contributed by atoms with van der Waals surface area (Å²) in [4.78, 5) is 5.92. The number of benzene rings is 1.